The van der Waals surface area contributed by atoms with Crippen molar-refractivity contribution >= 4 is 38.3 Å². The van der Waals surface area contributed by atoms with Gasteiger partial charge < -0.3 is 0 Å². The van der Waals surface area contributed by atoms with Crippen LogP contribution in [0.2, 0.25) is 5.02 Å². The maximum atomic E-state index is 13.5. The highest BCUT2D eigenvalue weighted by Crippen LogP contribution is 2.23. The van der Waals surface area contributed by atoms with Gasteiger partial charge in [0.1, 0.15) is 11.2 Å². The van der Waals surface area contributed by atoms with Crippen LogP contribution in [0, 0.1) is 5.82 Å². The Labute approximate surface area is 105 Å². The Morgan fingerprint density at radius 2 is 2.18 bits per heavy atom. The molecule has 0 spiro atoms. The molecular formula is C8H5ClFN3O2S2. The zero-order valence-corrected chi connectivity index (χ0v) is 10.5. The molecule has 1 N–H and O–H groups in total. The number of hydrogen-bond acceptors (Lipinski definition) is 5. The van der Waals surface area contributed by atoms with Gasteiger partial charge in [0.05, 0.1) is 5.02 Å². The van der Waals surface area contributed by atoms with E-state index < -0.39 is 20.7 Å². The van der Waals surface area contributed by atoms with Crippen molar-refractivity contribution in [2.45, 2.75) is 4.90 Å². The highest BCUT2D eigenvalue weighted by molar-refractivity contribution is 7.93. The summed E-state index contributed by atoms with van der Waals surface area (Å²) in [5.41, 5.74) is 0. The SMILES string of the molecule is O=S(=O)(Nc1ncns1)c1cccc(Cl)c1F. The fourth-order valence-electron chi connectivity index (χ4n) is 1.08. The number of benzene rings is 1. The minimum atomic E-state index is -4.04. The predicted molar refractivity (Wildman–Crippen MR) is 62.1 cm³/mol. The third-order valence-electron chi connectivity index (χ3n) is 1.79. The highest BCUT2D eigenvalue weighted by Gasteiger charge is 2.21. The van der Waals surface area contributed by atoms with Gasteiger partial charge in [-0.25, -0.2) is 17.8 Å². The van der Waals surface area contributed by atoms with Crippen LogP contribution in [0.25, 0.3) is 0 Å². The van der Waals surface area contributed by atoms with E-state index in [4.69, 9.17) is 11.6 Å². The first-order chi connectivity index (χ1) is 8.00. The van der Waals surface area contributed by atoms with Crippen LogP contribution in [0.4, 0.5) is 9.52 Å². The van der Waals surface area contributed by atoms with Crippen molar-refractivity contribution in [2.75, 3.05) is 4.72 Å². The first kappa shape index (κ1) is 12.2. The van der Waals surface area contributed by atoms with Crippen LogP contribution in [-0.2, 0) is 10.0 Å². The molecule has 0 amide bonds. The molecule has 1 aromatic carbocycles. The fraction of sp³-hybridized carbons (Fsp3) is 0. The predicted octanol–water partition coefficient (Wildman–Crippen LogP) is 2.13. The molecule has 0 saturated heterocycles. The van der Waals surface area contributed by atoms with Gasteiger partial charge in [-0.3, -0.25) is 4.72 Å². The lowest BCUT2D eigenvalue weighted by atomic mass is 10.3. The Morgan fingerprint density at radius 1 is 1.41 bits per heavy atom. The van der Waals surface area contributed by atoms with Gasteiger partial charge in [-0.05, 0) is 12.1 Å². The first-order valence-corrected chi connectivity index (χ1v) is 6.87. The van der Waals surface area contributed by atoms with Crippen LogP contribution in [-0.4, -0.2) is 17.8 Å². The van der Waals surface area contributed by atoms with Crippen molar-refractivity contribution in [3.63, 3.8) is 0 Å². The third-order valence-corrected chi connectivity index (χ3v) is 4.15. The van der Waals surface area contributed by atoms with Crippen LogP contribution in [0.1, 0.15) is 0 Å². The summed E-state index contributed by atoms with van der Waals surface area (Å²) in [6.45, 7) is 0. The van der Waals surface area contributed by atoms with E-state index in [0.717, 1.165) is 17.6 Å². The smallest absolute Gasteiger partial charge is 0.253 e. The largest absolute Gasteiger partial charge is 0.266 e. The minimum Gasteiger partial charge on any atom is -0.253 e. The number of anilines is 1. The molecule has 2 aromatic rings. The number of nitrogens with zero attached hydrogens (tertiary/aromatic N) is 2. The molecular weight excluding hydrogens is 289 g/mol. The van der Waals surface area contributed by atoms with E-state index >= 15 is 0 Å². The molecule has 1 heterocycles. The average molecular weight is 294 g/mol. The van der Waals surface area contributed by atoms with E-state index in [0.29, 0.717) is 0 Å². The van der Waals surface area contributed by atoms with Crippen molar-refractivity contribution in [2.24, 2.45) is 0 Å². The Kier molecular flexibility index (Phi) is 3.27. The quantitative estimate of drug-likeness (QED) is 0.941. The zero-order valence-electron chi connectivity index (χ0n) is 8.09. The van der Waals surface area contributed by atoms with Crippen LogP contribution >= 0.6 is 23.1 Å². The molecule has 0 unspecified atom stereocenters. The normalized spacial score (nSPS) is 11.4. The maximum absolute atomic E-state index is 13.5. The molecule has 0 radical (unpaired) electrons. The Morgan fingerprint density at radius 3 is 2.82 bits per heavy atom. The van der Waals surface area contributed by atoms with Crippen LogP contribution in [0.5, 0.6) is 0 Å². The molecule has 1 aromatic heterocycles. The van der Waals surface area contributed by atoms with Gasteiger partial charge in [-0.2, -0.15) is 4.37 Å². The molecule has 0 fully saturated rings. The van der Waals surface area contributed by atoms with Crippen molar-refractivity contribution < 1.29 is 12.8 Å². The summed E-state index contributed by atoms with van der Waals surface area (Å²) >= 11 is 6.36. The fourth-order valence-corrected chi connectivity index (χ4v) is 3.07. The van der Waals surface area contributed by atoms with E-state index in [2.05, 4.69) is 14.1 Å². The van der Waals surface area contributed by atoms with Crippen molar-refractivity contribution in [3.05, 3.63) is 35.4 Å². The van der Waals surface area contributed by atoms with E-state index in [1.165, 1.54) is 18.5 Å². The summed E-state index contributed by atoms with van der Waals surface area (Å²) in [4.78, 5) is 3.11. The molecule has 17 heavy (non-hydrogen) atoms. The second-order valence-corrected chi connectivity index (χ2v) is 5.74. The number of aromatic nitrogens is 2. The van der Waals surface area contributed by atoms with Crippen molar-refractivity contribution in [1.82, 2.24) is 9.36 Å². The van der Waals surface area contributed by atoms with Crippen molar-refractivity contribution in [1.29, 1.82) is 0 Å². The van der Waals surface area contributed by atoms with Crippen LogP contribution in [0.15, 0.2) is 29.4 Å². The van der Waals surface area contributed by atoms with Gasteiger partial charge in [0, 0.05) is 11.5 Å². The summed E-state index contributed by atoms with van der Waals surface area (Å²) in [5.74, 6) is -0.994. The molecule has 2 rings (SSSR count). The topological polar surface area (TPSA) is 72.0 Å². The molecule has 0 atom stereocenters. The summed E-state index contributed by atoms with van der Waals surface area (Å²) in [7, 11) is -4.04. The molecule has 5 nitrogen and oxygen atoms in total. The van der Waals surface area contributed by atoms with Crippen LogP contribution in [0.3, 0.4) is 0 Å². The number of nitrogens with one attached hydrogen (secondary N) is 1. The number of halogens is 2. The lowest BCUT2D eigenvalue weighted by Crippen LogP contribution is -2.14. The maximum Gasteiger partial charge on any atom is 0.266 e. The van der Waals surface area contributed by atoms with Gasteiger partial charge in [0.15, 0.2) is 5.82 Å². The van der Waals surface area contributed by atoms with E-state index in [1.807, 2.05) is 0 Å². The first-order valence-electron chi connectivity index (χ1n) is 4.24. The average Bonchev–Trinajstić information content (AvgIpc) is 2.73. The molecule has 0 aliphatic carbocycles. The van der Waals surface area contributed by atoms with Crippen LogP contribution < -0.4 is 4.72 Å². The minimum absolute atomic E-state index is 0.0596. The summed E-state index contributed by atoms with van der Waals surface area (Å²) < 4.78 is 42.9. The number of sulfonamides is 1. The molecule has 90 valence electrons. The van der Waals surface area contributed by atoms with Gasteiger partial charge in [-0.1, -0.05) is 17.7 Å². The lowest BCUT2D eigenvalue weighted by Gasteiger charge is -2.06. The second kappa shape index (κ2) is 4.55. The Bertz CT molecular complexity index is 630. The standard InChI is InChI=1S/C8H5ClFN3O2S2/c9-5-2-1-3-6(7(5)10)17(14,15)13-8-11-4-12-16-8/h1-4H,(H,11,12,13). The molecule has 0 bridgehead atoms. The number of hydrogen-bond donors (Lipinski definition) is 1. The van der Waals surface area contributed by atoms with E-state index in [-0.39, 0.29) is 10.2 Å². The summed E-state index contributed by atoms with van der Waals surface area (Å²) in [5, 5.41) is -0.200. The zero-order chi connectivity index (χ0) is 12.5. The molecule has 0 aliphatic rings. The monoisotopic (exact) mass is 293 g/mol. The van der Waals surface area contributed by atoms with E-state index in [9.17, 15) is 12.8 Å². The Balaban J connectivity index is 2.42. The summed E-state index contributed by atoms with van der Waals surface area (Å²) in [6.07, 6.45) is 1.19. The summed E-state index contributed by atoms with van der Waals surface area (Å²) in [6, 6.07) is 3.73. The van der Waals surface area contributed by atoms with Gasteiger partial charge in [-0.15, -0.1) is 0 Å². The van der Waals surface area contributed by atoms with Crippen molar-refractivity contribution in [3.8, 4) is 0 Å². The molecule has 0 saturated carbocycles. The lowest BCUT2D eigenvalue weighted by molar-refractivity contribution is 0.570. The van der Waals surface area contributed by atoms with Gasteiger partial charge in [0.2, 0.25) is 5.13 Å². The molecule has 0 aliphatic heterocycles. The number of rotatable bonds is 3. The van der Waals surface area contributed by atoms with Gasteiger partial charge >= 0.3 is 0 Å². The highest BCUT2D eigenvalue weighted by atomic mass is 35.5. The second-order valence-electron chi connectivity index (χ2n) is 2.90. The third kappa shape index (κ3) is 2.54. The molecule has 9 heteroatoms. The Hall–Kier alpha value is -1.25. The van der Waals surface area contributed by atoms with E-state index in [1.54, 1.807) is 0 Å². The van der Waals surface area contributed by atoms with Gasteiger partial charge in [0.25, 0.3) is 10.0 Å².